The lowest BCUT2D eigenvalue weighted by Crippen LogP contribution is -2.31. The average molecular weight is 368 g/mol. The van der Waals surface area contributed by atoms with Gasteiger partial charge in [0.1, 0.15) is 4.88 Å². The molecule has 0 spiro atoms. The first kappa shape index (κ1) is 17.5. The van der Waals surface area contributed by atoms with E-state index in [-0.39, 0.29) is 0 Å². The summed E-state index contributed by atoms with van der Waals surface area (Å²) >= 11 is 1.46. The van der Waals surface area contributed by atoms with Crippen LogP contribution in [0.5, 0.6) is 0 Å². The minimum absolute atomic E-state index is 0.468. The highest BCUT2D eigenvalue weighted by molar-refractivity contribution is 7.14. The van der Waals surface area contributed by atoms with E-state index in [4.69, 9.17) is 0 Å². The first-order valence-electron chi connectivity index (χ1n) is 9.56. The number of benzene rings is 1. The van der Waals surface area contributed by atoms with Gasteiger partial charge in [0.25, 0.3) is 0 Å². The molecular weight excluding hydrogens is 342 g/mol. The van der Waals surface area contributed by atoms with Gasteiger partial charge in [0.05, 0.1) is 0 Å². The number of carboxylic acid groups (broad SMARTS) is 1. The Hall–Kier alpha value is -1.91. The lowest BCUT2D eigenvalue weighted by molar-refractivity contribution is 0.0702. The van der Waals surface area contributed by atoms with Crippen molar-refractivity contribution < 1.29 is 9.90 Å². The van der Waals surface area contributed by atoms with E-state index < -0.39 is 5.97 Å². The van der Waals surface area contributed by atoms with Gasteiger partial charge in [0.2, 0.25) is 0 Å². The second-order valence-electron chi connectivity index (χ2n) is 7.23. The van der Waals surface area contributed by atoms with Gasteiger partial charge >= 0.3 is 5.97 Å². The molecule has 1 saturated heterocycles. The van der Waals surface area contributed by atoms with E-state index in [2.05, 4.69) is 36.1 Å². The molecule has 0 saturated carbocycles. The van der Waals surface area contributed by atoms with Crippen LogP contribution in [0.25, 0.3) is 5.57 Å². The minimum Gasteiger partial charge on any atom is -0.477 e. The van der Waals surface area contributed by atoms with Crippen LogP contribution < -0.4 is 0 Å². The summed E-state index contributed by atoms with van der Waals surface area (Å²) in [6, 6.07) is 10.6. The molecule has 2 heterocycles. The molecule has 0 atom stereocenters. The Morgan fingerprint density at radius 1 is 1.12 bits per heavy atom. The van der Waals surface area contributed by atoms with Crippen molar-refractivity contribution in [3.05, 3.63) is 62.3 Å². The number of hydrogen-bond acceptors (Lipinski definition) is 3. The Morgan fingerprint density at radius 2 is 1.88 bits per heavy atom. The summed E-state index contributed by atoms with van der Waals surface area (Å²) in [7, 11) is 0. The second kappa shape index (κ2) is 7.37. The number of rotatable bonds is 3. The molecular formula is C22H25NO2S. The monoisotopic (exact) mass is 367 g/mol. The summed E-state index contributed by atoms with van der Waals surface area (Å²) in [4.78, 5) is 15.8. The summed E-state index contributed by atoms with van der Waals surface area (Å²) in [5.41, 5.74) is 6.72. The van der Waals surface area contributed by atoms with Gasteiger partial charge in [-0.05, 0) is 67.0 Å². The first-order valence-corrected chi connectivity index (χ1v) is 10.4. The number of likely N-dealkylation sites (tertiary alicyclic amines) is 1. The van der Waals surface area contributed by atoms with Gasteiger partial charge < -0.3 is 10.0 Å². The van der Waals surface area contributed by atoms with Crippen molar-refractivity contribution in [1.82, 2.24) is 4.90 Å². The lowest BCUT2D eigenvalue weighted by Gasteiger charge is -2.30. The van der Waals surface area contributed by atoms with E-state index in [9.17, 15) is 9.90 Å². The lowest BCUT2D eigenvalue weighted by atomic mass is 9.87. The number of piperidine rings is 1. The molecule has 1 N–H and O–H groups in total. The summed E-state index contributed by atoms with van der Waals surface area (Å²) in [5, 5.41) is 9.48. The third-order valence-electron chi connectivity index (χ3n) is 5.55. The number of aryl methyl sites for hydroxylation is 2. The van der Waals surface area contributed by atoms with E-state index in [0.29, 0.717) is 4.88 Å². The molecule has 0 unspecified atom stereocenters. The number of thiophene rings is 1. The fourth-order valence-corrected chi connectivity index (χ4v) is 5.31. The van der Waals surface area contributed by atoms with Crippen LogP contribution >= 0.6 is 11.3 Å². The van der Waals surface area contributed by atoms with Crippen LogP contribution in [0.1, 0.15) is 57.4 Å². The largest absolute Gasteiger partial charge is 0.477 e. The topological polar surface area (TPSA) is 40.5 Å². The molecule has 1 aromatic carbocycles. The van der Waals surface area contributed by atoms with Gasteiger partial charge in [-0.3, -0.25) is 0 Å². The Bertz CT molecular complexity index is 855. The number of nitrogens with zero attached hydrogens (tertiary/aromatic N) is 1. The third kappa shape index (κ3) is 3.24. The maximum absolute atomic E-state index is 11.5. The summed E-state index contributed by atoms with van der Waals surface area (Å²) in [6.45, 7) is 5.63. The second-order valence-corrected chi connectivity index (χ2v) is 8.37. The molecule has 0 bridgehead atoms. The highest BCUT2D eigenvalue weighted by Gasteiger charge is 2.26. The maximum Gasteiger partial charge on any atom is 0.345 e. The van der Waals surface area contributed by atoms with Crippen molar-refractivity contribution >= 4 is 22.9 Å². The van der Waals surface area contributed by atoms with Crippen LogP contribution in [0.15, 0.2) is 35.9 Å². The number of aromatic carboxylic acids is 1. The van der Waals surface area contributed by atoms with E-state index in [1.54, 1.807) is 0 Å². The predicted octanol–water partition coefficient (Wildman–Crippen LogP) is 4.85. The number of carbonyl (C=O) groups is 1. The standard InChI is InChI=1S/C22H25NO2S/c1-2-11-23-12-9-16(10-13-23)21-17-6-4-3-5-15(17)7-8-19-18(21)14-20(26-19)22(24)25/h3-6,14H,2,7-13H2,1H3,(H,24,25). The van der Waals surface area contributed by atoms with Crippen LogP contribution in [0.2, 0.25) is 0 Å². The number of hydrogen-bond donors (Lipinski definition) is 1. The van der Waals surface area contributed by atoms with Crippen molar-refractivity contribution in [3.63, 3.8) is 0 Å². The van der Waals surface area contributed by atoms with Crippen LogP contribution in [0.3, 0.4) is 0 Å². The Kier molecular flexibility index (Phi) is 4.96. The van der Waals surface area contributed by atoms with Gasteiger partial charge in [-0.25, -0.2) is 4.79 Å². The van der Waals surface area contributed by atoms with E-state index in [0.717, 1.165) is 38.8 Å². The number of fused-ring (bicyclic) bond motifs is 2. The summed E-state index contributed by atoms with van der Waals surface area (Å²) < 4.78 is 0. The first-order chi connectivity index (χ1) is 12.7. The Balaban J connectivity index is 1.82. The van der Waals surface area contributed by atoms with E-state index in [1.807, 2.05) is 6.07 Å². The predicted molar refractivity (Wildman–Crippen MR) is 107 cm³/mol. The van der Waals surface area contributed by atoms with Crippen LogP contribution in [0.4, 0.5) is 0 Å². The molecule has 1 aliphatic carbocycles. The van der Waals surface area contributed by atoms with Gasteiger partial charge in [-0.1, -0.05) is 36.8 Å². The summed E-state index contributed by atoms with van der Waals surface area (Å²) in [6.07, 6.45) is 5.29. The van der Waals surface area contributed by atoms with Crippen molar-refractivity contribution in [2.24, 2.45) is 0 Å². The molecule has 1 fully saturated rings. The Morgan fingerprint density at radius 3 is 2.62 bits per heavy atom. The zero-order valence-corrected chi connectivity index (χ0v) is 16.1. The molecule has 0 radical (unpaired) electrons. The average Bonchev–Trinajstić information content (AvgIpc) is 3.01. The van der Waals surface area contributed by atoms with Gasteiger partial charge in [0.15, 0.2) is 0 Å². The maximum atomic E-state index is 11.5. The third-order valence-corrected chi connectivity index (χ3v) is 6.73. The zero-order valence-electron chi connectivity index (χ0n) is 15.3. The molecule has 2 aliphatic rings. The van der Waals surface area contributed by atoms with Crippen molar-refractivity contribution in [2.45, 2.75) is 39.0 Å². The zero-order chi connectivity index (χ0) is 18.1. The fraction of sp³-hybridized carbons (Fsp3) is 0.409. The smallest absolute Gasteiger partial charge is 0.345 e. The quantitative estimate of drug-likeness (QED) is 0.843. The molecule has 2 aromatic rings. The van der Waals surface area contributed by atoms with Crippen LogP contribution in [-0.4, -0.2) is 35.6 Å². The highest BCUT2D eigenvalue weighted by Crippen LogP contribution is 2.41. The molecule has 3 nitrogen and oxygen atoms in total. The fourth-order valence-electron chi connectivity index (χ4n) is 4.30. The van der Waals surface area contributed by atoms with E-state index in [1.165, 1.54) is 57.0 Å². The molecule has 0 amide bonds. The van der Waals surface area contributed by atoms with E-state index >= 15 is 0 Å². The van der Waals surface area contributed by atoms with Crippen LogP contribution in [0, 0.1) is 0 Å². The SMILES string of the molecule is CCCN1CCC(=C2c3ccccc3CCc3sc(C(=O)O)cc32)CC1. The van der Waals surface area contributed by atoms with Crippen LogP contribution in [-0.2, 0) is 12.8 Å². The highest BCUT2D eigenvalue weighted by atomic mass is 32.1. The van der Waals surface area contributed by atoms with Gasteiger partial charge in [-0.2, -0.15) is 0 Å². The summed E-state index contributed by atoms with van der Waals surface area (Å²) in [5.74, 6) is -0.807. The van der Waals surface area contributed by atoms with Crippen molar-refractivity contribution in [1.29, 1.82) is 0 Å². The molecule has 4 heteroatoms. The molecule has 4 rings (SSSR count). The molecule has 136 valence electrons. The molecule has 26 heavy (non-hydrogen) atoms. The Labute approximate surface area is 159 Å². The van der Waals surface area contributed by atoms with Gasteiger partial charge in [0, 0.05) is 18.0 Å². The molecule has 1 aromatic heterocycles. The number of carboxylic acids is 1. The minimum atomic E-state index is -0.807. The van der Waals surface area contributed by atoms with Crippen molar-refractivity contribution in [3.8, 4) is 0 Å². The molecule has 1 aliphatic heterocycles. The normalized spacial score (nSPS) is 17.6. The van der Waals surface area contributed by atoms with Crippen molar-refractivity contribution in [2.75, 3.05) is 19.6 Å². The van der Waals surface area contributed by atoms with Gasteiger partial charge in [-0.15, -0.1) is 11.3 Å².